The van der Waals surface area contributed by atoms with Gasteiger partial charge in [0.2, 0.25) is 0 Å². The lowest BCUT2D eigenvalue weighted by Gasteiger charge is -2.09. The van der Waals surface area contributed by atoms with Crippen LogP contribution in [0, 0.1) is 11.6 Å². The summed E-state index contributed by atoms with van der Waals surface area (Å²) >= 11 is 0. The van der Waals surface area contributed by atoms with E-state index < -0.39 is 17.7 Å². The Bertz CT molecular complexity index is 1040. The molecular formula is C17H11F2N5O2. The Morgan fingerprint density at radius 2 is 1.92 bits per heavy atom. The number of carboxylic acid groups (broad SMARTS) is 1. The average molecular weight is 355 g/mol. The summed E-state index contributed by atoms with van der Waals surface area (Å²) in [6.07, 6.45) is 0.245. The van der Waals surface area contributed by atoms with Gasteiger partial charge < -0.3 is 10.4 Å². The third-order valence-electron chi connectivity index (χ3n) is 3.84. The van der Waals surface area contributed by atoms with Crippen molar-refractivity contribution in [2.45, 2.75) is 0 Å². The molecule has 2 aromatic carbocycles. The highest BCUT2D eigenvalue weighted by atomic mass is 19.1. The predicted octanol–water partition coefficient (Wildman–Crippen LogP) is 3.95. The van der Waals surface area contributed by atoms with Gasteiger partial charge in [0.25, 0.3) is 0 Å². The molecule has 4 N–H and O–H groups in total. The number of hydrogen-bond donors (Lipinski definition) is 4. The second kappa shape index (κ2) is 5.96. The number of benzene rings is 2. The monoisotopic (exact) mass is 355 g/mol. The quantitative estimate of drug-likeness (QED) is 0.559. The van der Waals surface area contributed by atoms with Gasteiger partial charge in [-0.1, -0.05) is 6.07 Å². The number of rotatable bonds is 2. The van der Waals surface area contributed by atoms with Crippen molar-refractivity contribution in [2.75, 3.05) is 10.6 Å². The van der Waals surface area contributed by atoms with E-state index in [9.17, 15) is 13.6 Å². The molecule has 0 saturated carbocycles. The highest BCUT2D eigenvalue weighted by Crippen LogP contribution is 2.38. The number of fused-ring (bicyclic) bond motifs is 3. The molecule has 0 aliphatic carbocycles. The molecule has 2 heterocycles. The normalized spacial score (nSPS) is 12.3. The Labute approximate surface area is 145 Å². The Balaban J connectivity index is 1.92. The SMILES string of the molecule is O=C(O)Nc1ccc2c(c1)-c1[nH]ncc1NC(c1c(F)cccc1F)=N2. The minimum absolute atomic E-state index is 0.0130. The zero-order valence-corrected chi connectivity index (χ0v) is 13.0. The molecule has 0 unspecified atom stereocenters. The van der Waals surface area contributed by atoms with E-state index in [1.807, 2.05) is 0 Å². The van der Waals surface area contributed by atoms with Crippen LogP contribution in [0.1, 0.15) is 5.56 Å². The van der Waals surface area contributed by atoms with Crippen LogP contribution < -0.4 is 10.6 Å². The van der Waals surface area contributed by atoms with Crippen LogP contribution in [0.15, 0.2) is 47.6 Å². The number of halogens is 2. The van der Waals surface area contributed by atoms with Gasteiger partial charge in [0, 0.05) is 11.3 Å². The number of amides is 1. The number of nitrogens with one attached hydrogen (secondary N) is 3. The lowest BCUT2D eigenvalue weighted by Crippen LogP contribution is -2.16. The third kappa shape index (κ3) is 2.65. The van der Waals surface area contributed by atoms with E-state index in [0.29, 0.717) is 28.3 Å². The van der Waals surface area contributed by atoms with Crippen LogP contribution in [0.2, 0.25) is 0 Å². The van der Waals surface area contributed by atoms with Crippen molar-refractivity contribution in [3.63, 3.8) is 0 Å². The molecule has 7 nitrogen and oxygen atoms in total. The van der Waals surface area contributed by atoms with Gasteiger partial charge in [-0.05, 0) is 30.3 Å². The van der Waals surface area contributed by atoms with Crippen molar-refractivity contribution in [3.05, 3.63) is 59.8 Å². The van der Waals surface area contributed by atoms with Gasteiger partial charge in [-0.15, -0.1) is 0 Å². The first kappa shape index (κ1) is 15.8. The van der Waals surface area contributed by atoms with Crippen LogP contribution in [0.25, 0.3) is 11.3 Å². The lowest BCUT2D eigenvalue weighted by molar-refractivity contribution is 0.210. The summed E-state index contributed by atoms with van der Waals surface area (Å²) in [6.45, 7) is 0. The van der Waals surface area contributed by atoms with Gasteiger partial charge in [0.1, 0.15) is 17.5 Å². The Morgan fingerprint density at radius 3 is 2.65 bits per heavy atom. The van der Waals surface area contributed by atoms with Crippen LogP contribution >= 0.6 is 0 Å². The number of hydrogen-bond acceptors (Lipinski definition) is 4. The molecule has 1 aromatic heterocycles. The number of aliphatic imine (C=N–C) groups is 1. The summed E-state index contributed by atoms with van der Waals surface area (Å²) in [5, 5.41) is 20.7. The van der Waals surface area contributed by atoms with E-state index in [2.05, 4.69) is 25.8 Å². The molecule has 1 amide bonds. The summed E-state index contributed by atoms with van der Waals surface area (Å²) in [5.74, 6) is -1.52. The molecule has 3 aromatic rings. The molecular weight excluding hydrogens is 344 g/mol. The van der Waals surface area contributed by atoms with Gasteiger partial charge in [0.05, 0.1) is 28.8 Å². The van der Waals surface area contributed by atoms with E-state index in [1.165, 1.54) is 18.3 Å². The van der Waals surface area contributed by atoms with E-state index >= 15 is 0 Å². The Morgan fingerprint density at radius 1 is 1.15 bits per heavy atom. The number of aromatic nitrogens is 2. The maximum atomic E-state index is 14.2. The van der Waals surface area contributed by atoms with Gasteiger partial charge in [0.15, 0.2) is 0 Å². The van der Waals surface area contributed by atoms with Crippen molar-refractivity contribution in [1.29, 1.82) is 0 Å². The minimum Gasteiger partial charge on any atom is -0.465 e. The van der Waals surface area contributed by atoms with Gasteiger partial charge in [-0.2, -0.15) is 5.10 Å². The number of carbonyl (C=O) groups is 1. The maximum Gasteiger partial charge on any atom is 0.409 e. The van der Waals surface area contributed by atoms with Crippen molar-refractivity contribution in [2.24, 2.45) is 4.99 Å². The molecule has 0 fully saturated rings. The van der Waals surface area contributed by atoms with E-state index in [-0.39, 0.29) is 11.4 Å². The summed E-state index contributed by atoms with van der Waals surface area (Å²) in [7, 11) is 0. The van der Waals surface area contributed by atoms with Gasteiger partial charge in [-0.25, -0.2) is 18.6 Å². The number of anilines is 2. The van der Waals surface area contributed by atoms with Crippen LogP contribution in [0.4, 0.5) is 30.6 Å². The van der Waals surface area contributed by atoms with Crippen molar-refractivity contribution < 1.29 is 18.7 Å². The van der Waals surface area contributed by atoms with Crippen LogP contribution in [-0.2, 0) is 0 Å². The Kier molecular flexibility index (Phi) is 3.61. The van der Waals surface area contributed by atoms with Crippen molar-refractivity contribution in [1.82, 2.24) is 10.2 Å². The first-order chi connectivity index (χ1) is 12.5. The van der Waals surface area contributed by atoms with Crippen molar-refractivity contribution in [3.8, 4) is 11.3 Å². The molecule has 1 aliphatic rings. The fourth-order valence-corrected chi connectivity index (χ4v) is 2.74. The standard InChI is InChI=1S/C17H11F2N5O2/c18-10-2-1-3-11(19)14(10)16-22-12-5-4-8(21-17(25)26)6-9(12)15-13(23-16)7-20-24-15/h1-7,21H,(H,20,24)(H,22,23)(H,25,26). The summed E-state index contributed by atoms with van der Waals surface area (Å²) < 4.78 is 28.4. The highest BCUT2D eigenvalue weighted by Gasteiger charge is 2.23. The third-order valence-corrected chi connectivity index (χ3v) is 3.84. The lowest BCUT2D eigenvalue weighted by atomic mass is 10.1. The second-order valence-electron chi connectivity index (χ2n) is 5.50. The molecule has 1 aliphatic heterocycles. The molecule has 130 valence electrons. The molecule has 9 heteroatoms. The summed E-state index contributed by atoms with van der Waals surface area (Å²) in [5.41, 5.74) is 1.94. The van der Waals surface area contributed by atoms with Gasteiger partial charge >= 0.3 is 6.09 Å². The van der Waals surface area contributed by atoms with E-state index in [4.69, 9.17) is 5.11 Å². The molecule has 26 heavy (non-hydrogen) atoms. The number of aromatic amines is 1. The second-order valence-corrected chi connectivity index (χ2v) is 5.50. The first-order valence-corrected chi connectivity index (χ1v) is 7.51. The summed E-state index contributed by atoms with van der Waals surface area (Å²) in [4.78, 5) is 15.2. The molecule has 0 atom stereocenters. The fraction of sp³-hybridized carbons (Fsp3) is 0. The minimum atomic E-state index is -1.21. The first-order valence-electron chi connectivity index (χ1n) is 7.51. The topological polar surface area (TPSA) is 102 Å². The van der Waals surface area contributed by atoms with Crippen molar-refractivity contribution >= 4 is 29.0 Å². The average Bonchev–Trinajstić information content (AvgIpc) is 2.98. The van der Waals surface area contributed by atoms with Crippen LogP contribution in [-0.4, -0.2) is 27.2 Å². The number of nitrogens with zero attached hydrogens (tertiary/aromatic N) is 2. The molecule has 0 bridgehead atoms. The maximum absolute atomic E-state index is 14.2. The predicted molar refractivity (Wildman–Crippen MR) is 91.8 cm³/mol. The zero-order chi connectivity index (χ0) is 18.3. The molecule has 0 radical (unpaired) electrons. The molecule has 4 rings (SSSR count). The number of amidine groups is 1. The van der Waals surface area contributed by atoms with Gasteiger partial charge in [-0.3, -0.25) is 10.4 Å². The Hall–Kier alpha value is -3.75. The fourth-order valence-electron chi connectivity index (χ4n) is 2.74. The molecule has 0 spiro atoms. The van der Waals surface area contributed by atoms with E-state index in [0.717, 1.165) is 12.1 Å². The highest BCUT2D eigenvalue weighted by molar-refractivity contribution is 6.13. The summed E-state index contributed by atoms with van der Waals surface area (Å²) in [6, 6.07) is 8.18. The molecule has 0 saturated heterocycles. The van der Waals surface area contributed by atoms with Crippen LogP contribution in [0.3, 0.4) is 0 Å². The van der Waals surface area contributed by atoms with Crippen LogP contribution in [0.5, 0.6) is 0 Å². The number of H-pyrrole nitrogens is 1. The smallest absolute Gasteiger partial charge is 0.409 e. The van der Waals surface area contributed by atoms with E-state index in [1.54, 1.807) is 12.1 Å². The zero-order valence-electron chi connectivity index (χ0n) is 13.0. The largest absolute Gasteiger partial charge is 0.465 e.